The summed E-state index contributed by atoms with van der Waals surface area (Å²) in [6, 6.07) is 4.62. The molecule has 2 heterocycles. The average molecular weight is 235 g/mol. The van der Waals surface area contributed by atoms with Crippen LogP contribution in [0.5, 0.6) is 0 Å². The third-order valence-electron chi connectivity index (χ3n) is 2.98. The molecule has 3 N–H and O–H groups in total. The van der Waals surface area contributed by atoms with Crippen molar-refractivity contribution in [1.29, 1.82) is 0 Å². The van der Waals surface area contributed by atoms with Crippen molar-refractivity contribution in [3.8, 4) is 0 Å². The van der Waals surface area contributed by atoms with E-state index in [-0.39, 0.29) is 17.5 Å². The zero-order chi connectivity index (χ0) is 12.4. The molecule has 2 rings (SSSR count). The molecular formula is C12H17N3O2. The van der Waals surface area contributed by atoms with Crippen LogP contribution in [0.4, 0.5) is 0 Å². The van der Waals surface area contributed by atoms with Gasteiger partial charge in [0.15, 0.2) is 0 Å². The van der Waals surface area contributed by atoms with Crippen molar-refractivity contribution in [3.05, 3.63) is 34.2 Å². The van der Waals surface area contributed by atoms with Crippen LogP contribution in [-0.4, -0.2) is 34.9 Å². The fourth-order valence-corrected chi connectivity index (χ4v) is 2.31. The number of pyridine rings is 1. The van der Waals surface area contributed by atoms with Crippen LogP contribution in [0.25, 0.3) is 0 Å². The summed E-state index contributed by atoms with van der Waals surface area (Å²) in [4.78, 5) is 27.6. The van der Waals surface area contributed by atoms with E-state index in [0.29, 0.717) is 24.7 Å². The first-order chi connectivity index (χ1) is 8.06. The van der Waals surface area contributed by atoms with Crippen molar-refractivity contribution in [2.75, 3.05) is 13.1 Å². The van der Waals surface area contributed by atoms with Gasteiger partial charge < -0.3 is 15.6 Å². The second-order valence-electron chi connectivity index (χ2n) is 4.74. The quantitative estimate of drug-likeness (QED) is 0.729. The van der Waals surface area contributed by atoms with E-state index in [1.165, 1.54) is 6.07 Å². The Morgan fingerprint density at radius 1 is 1.47 bits per heavy atom. The molecule has 17 heavy (non-hydrogen) atoms. The molecule has 5 heteroatoms. The Morgan fingerprint density at radius 2 is 2.24 bits per heavy atom. The van der Waals surface area contributed by atoms with Crippen LogP contribution < -0.4 is 11.3 Å². The number of hydrogen-bond donors (Lipinski definition) is 2. The van der Waals surface area contributed by atoms with Crippen LogP contribution in [0.15, 0.2) is 23.0 Å². The molecule has 0 spiro atoms. The fraction of sp³-hybridized carbons (Fsp3) is 0.500. The summed E-state index contributed by atoms with van der Waals surface area (Å²) in [6.45, 7) is 3.33. The van der Waals surface area contributed by atoms with Crippen molar-refractivity contribution in [2.45, 2.75) is 19.4 Å². The van der Waals surface area contributed by atoms with E-state index in [4.69, 9.17) is 5.73 Å². The molecule has 1 aliphatic rings. The lowest BCUT2D eigenvalue weighted by Gasteiger charge is -2.34. The standard InChI is InChI=1S/C12H17N3O2/c1-8-5-9(13)7-15(6-8)12(17)10-3-2-4-11(16)14-10/h2-4,8-9H,5-7,13H2,1H3,(H,14,16). The van der Waals surface area contributed by atoms with Gasteiger partial charge >= 0.3 is 0 Å². The Labute approximate surface area is 99.6 Å². The topological polar surface area (TPSA) is 79.2 Å². The second-order valence-corrected chi connectivity index (χ2v) is 4.74. The molecule has 5 nitrogen and oxygen atoms in total. The fourth-order valence-electron chi connectivity index (χ4n) is 2.31. The molecule has 0 bridgehead atoms. The second kappa shape index (κ2) is 4.71. The lowest BCUT2D eigenvalue weighted by Crippen LogP contribution is -2.49. The zero-order valence-electron chi connectivity index (χ0n) is 9.85. The minimum absolute atomic E-state index is 0.0261. The number of hydrogen-bond acceptors (Lipinski definition) is 3. The minimum Gasteiger partial charge on any atom is -0.336 e. The maximum absolute atomic E-state index is 12.1. The highest BCUT2D eigenvalue weighted by Crippen LogP contribution is 2.16. The van der Waals surface area contributed by atoms with E-state index in [1.807, 2.05) is 0 Å². The maximum Gasteiger partial charge on any atom is 0.270 e. The molecule has 0 aliphatic carbocycles. The molecule has 2 unspecified atom stereocenters. The Bertz CT molecular complexity index is 459. The van der Waals surface area contributed by atoms with Crippen LogP contribution >= 0.6 is 0 Å². The van der Waals surface area contributed by atoms with Crippen LogP contribution in [-0.2, 0) is 0 Å². The lowest BCUT2D eigenvalue weighted by atomic mass is 9.96. The first-order valence-corrected chi connectivity index (χ1v) is 5.80. The van der Waals surface area contributed by atoms with Crippen molar-refractivity contribution in [1.82, 2.24) is 9.88 Å². The average Bonchev–Trinajstić information content (AvgIpc) is 2.26. The molecule has 2 atom stereocenters. The van der Waals surface area contributed by atoms with Crippen LogP contribution in [0, 0.1) is 5.92 Å². The Balaban J connectivity index is 2.17. The van der Waals surface area contributed by atoms with E-state index < -0.39 is 0 Å². The highest BCUT2D eigenvalue weighted by Gasteiger charge is 2.26. The van der Waals surface area contributed by atoms with Crippen LogP contribution in [0.3, 0.4) is 0 Å². The van der Waals surface area contributed by atoms with Crippen LogP contribution in [0.1, 0.15) is 23.8 Å². The van der Waals surface area contributed by atoms with Crippen molar-refractivity contribution in [2.24, 2.45) is 11.7 Å². The third-order valence-corrected chi connectivity index (χ3v) is 2.98. The largest absolute Gasteiger partial charge is 0.336 e. The van der Waals surface area contributed by atoms with E-state index in [2.05, 4.69) is 11.9 Å². The van der Waals surface area contributed by atoms with Gasteiger partial charge in [0.05, 0.1) is 0 Å². The Morgan fingerprint density at radius 3 is 2.88 bits per heavy atom. The normalized spacial score (nSPS) is 24.7. The highest BCUT2D eigenvalue weighted by atomic mass is 16.2. The van der Waals surface area contributed by atoms with Crippen molar-refractivity contribution < 1.29 is 4.79 Å². The van der Waals surface area contributed by atoms with E-state index >= 15 is 0 Å². The molecule has 0 saturated carbocycles. The van der Waals surface area contributed by atoms with Gasteiger partial charge in [0.25, 0.3) is 5.91 Å². The number of likely N-dealkylation sites (tertiary alicyclic amines) is 1. The third kappa shape index (κ3) is 2.74. The van der Waals surface area contributed by atoms with Gasteiger partial charge in [-0.3, -0.25) is 9.59 Å². The molecule has 92 valence electrons. The number of aromatic nitrogens is 1. The predicted molar refractivity (Wildman–Crippen MR) is 64.7 cm³/mol. The number of nitrogens with one attached hydrogen (secondary N) is 1. The van der Waals surface area contributed by atoms with Crippen molar-refractivity contribution >= 4 is 5.91 Å². The number of nitrogens with zero attached hydrogens (tertiary/aromatic N) is 1. The molecular weight excluding hydrogens is 218 g/mol. The van der Waals surface area contributed by atoms with Gasteiger partial charge in [0, 0.05) is 25.2 Å². The monoisotopic (exact) mass is 235 g/mol. The Kier molecular flexibility index (Phi) is 3.28. The summed E-state index contributed by atoms with van der Waals surface area (Å²) in [5, 5.41) is 0. The van der Waals surface area contributed by atoms with E-state index in [9.17, 15) is 9.59 Å². The summed E-state index contributed by atoms with van der Waals surface area (Å²) in [5.41, 5.74) is 5.97. The Hall–Kier alpha value is -1.62. The zero-order valence-corrected chi connectivity index (χ0v) is 9.85. The number of carbonyl (C=O) groups is 1. The van der Waals surface area contributed by atoms with E-state index in [1.54, 1.807) is 17.0 Å². The number of aromatic amines is 1. The maximum atomic E-state index is 12.1. The number of nitrogens with two attached hydrogens (primary N) is 1. The molecule has 1 fully saturated rings. The minimum atomic E-state index is -0.259. The van der Waals surface area contributed by atoms with Crippen molar-refractivity contribution in [3.63, 3.8) is 0 Å². The van der Waals surface area contributed by atoms with Gasteiger partial charge in [0.1, 0.15) is 5.69 Å². The van der Waals surface area contributed by atoms with Gasteiger partial charge in [0.2, 0.25) is 5.56 Å². The molecule has 1 saturated heterocycles. The molecule has 1 amide bonds. The van der Waals surface area contributed by atoms with Gasteiger partial charge in [-0.1, -0.05) is 13.0 Å². The highest BCUT2D eigenvalue weighted by molar-refractivity contribution is 5.92. The lowest BCUT2D eigenvalue weighted by molar-refractivity contribution is 0.0654. The molecule has 1 aromatic heterocycles. The summed E-state index contributed by atoms with van der Waals surface area (Å²) >= 11 is 0. The molecule has 1 aromatic rings. The predicted octanol–water partition coefficient (Wildman–Crippen LogP) is 0.184. The number of amides is 1. The number of rotatable bonds is 1. The molecule has 1 aliphatic heterocycles. The summed E-state index contributed by atoms with van der Waals surface area (Å²) in [7, 11) is 0. The summed E-state index contributed by atoms with van der Waals surface area (Å²) in [6.07, 6.45) is 0.940. The number of carbonyl (C=O) groups excluding carboxylic acids is 1. The molecule has 0 radical (unpaired) electrons. The molecule has 0 aromatic carbocycles. The van der Waals surface area contributed by atoms with Gasteiger partial charge in [-0.25, -0.2) is 0 Å². The van der Waals surface area contributed by atoms with Gasteiger partial charge in [-0.2, -0.15) is 0 Å². The van der Waals surface area contributed by atoms with Gasteiger partial charge in [-0.15, -0.1) is 0 Å². The van der Waals surface area contributed by atoms with Crippen LogP contribution in [0.2, 0.25) is 0 Å². The van der Waals surface area contributed by atoms with Gasteiger partial charge in [-0.05, 0) is 18.4 Å². The number of H-pyrrole nitrogens is 1. The summed E-state index contributed by atoms with van der Waals surface area (Å²) in [5.74, 6) is 0.253. The number of piperidine rings is 1. The smallest absolute Gasteiger partial charge is 0.270 e. The first kappa shape index (κ1) is 11.9. The summed E-state index contributed by atoms with van der Waals surface area (Å²) < 4.78 is 0. The van der Waals surface area contributed by atoms with E-state index in [0.717, 1.165) is 6.42 Å². The first-order valence-electron chi connectivity index (χ1n) is 5.80. The SMILES string of the molecule is CC1CC(N)CN(C(=O)c2cccc(=O)[nH]2)C1.